The summed E-state index contributed by atoms with van der Waals surface area (Å²) in [6.45, 7) is 1.81. The largest absolute Gasteiger partial charge is 0.497 e. The van der Waals surface area contributed by atoms with Crippen LogP contribution in [-0.2, 0) is 24.7 Å². The number of hydrogen-bond acceptors (Lipinski definition) is 3. The van der Waals surface area contributed by atoms with Gasteiger partial charge in [-0.05, 0) is 67.5 Å². The lowest BCUT2D eigenvalue weighted by molar-refractivity contribution is -0.137. The summed E-state index contributed by atoms with van der Waals surface area (Å²) in [7, 11) is 3.67. The predicted molar refractivity (Wildman–Crippen MR) is 137 cm³/mol. The van der Waals surface area contributed by atoms with E-state index >= 15 is 0 Å². The van der Waals surface area contributed by atoms with Gasteiger partial charge >= 0.3 is 5.97 Å². The van der Waals surface area contributed by atoms with Crippen molar-refractivity contribution in [2.24, 2.45) is 13.0 Å². The highest BCUT2D eigenvalue weighted by Gasteiger charge is 2.23. The summed E-state index contributed by atoms with van der Waals surface area (Å²) >= 11 is 6.26. The van der Waals surface area contributed by atoms with E-state index < -0.39 is 5.97 Å². The van der Waals surface area contributed by atoms with Crippen molar-refractivity contribution >= 4 is 34.3 Å². The molecule has 0 bridgehead atoms. The van der Waals surface area contributed by atoms with Crippen LogP contribution in [0.2, 0.25) is 5.02 Å². The van der Waals surface area contributed by atoms with Crippen molar-refractivity contribution in [2.75, 3.05) is 7.11 Å². The Morgan fingerprint density at radius 1 is 1.00 bits per heavy atom. The number of methoxy groups -OCH3 is 1. The van der Waals surface area contributed by atoms with Crippen LogP contribution in [0.1, 0.15) is 67.1 Å². The maximum Gasteiger partial charge on any atom is 0.303 e. The predicted octanol–water partition coefficient (Wildman–Crippen LogP) is 6.87. The Hall–Kier alpha value is -2.79. The van der Waals surface area contributed by atoms with Crippen LogP contribution in [0.5, 0.6) is 5.75 Å². The molecular formula is C28H34ClNO4. The van der Waals surface area contributed by atoms with Crippen molar-refractivity contribution in [1.82, 2.24) is 4.57 Å². The van der Waals surface area contributed by atoms with Crippen LogP contribution >= 0.6 is 11.6 Å². The molecule has 0 spiro atoms. The first-order chi connectivity index (χ1) is 16.3. The van der Waals surface area contributed by atoms with Crippen LogP contribution in [0.3, 0.4) is 0 Å². The van der Waals surface area contributed by atoms with Crippen molar-refractivity contribution < 1.29 is 19.4 Å². The fourth-order valence-electron chi connectivity index (χ4n) is 4.63. The van der Waals surface area contributed by atoms with Gasteiger partial charge < -0.3 is 14.4 Å². The second-order valence-electron chi connectivity index (χ2n) is 9.13. The number of aliphatic carboxylic acids is 1. The summed E-state index contributed by atoms with van der Waals surface area (Å²) in [6, 6.07) is 13.9. The molecule has 6 heteroatoms. The third-order valence-electron chi connectivity index (χ3n) is 6.41. The van der Waals surface area contributed by atoms with Gasteiger partial charge in [0, 0.05) is 47.1 Å². The van der Waals surface area contributed by atoms with Crippen LogP contribution in [-0.4, -0.2) is 28.5 Å². The highest BCUT2D eigenvalue weighted by molar-refractivity contribution is 6.31. The molecule has 1 N–H and O–H groups in total. The molecule has 1 aromatic heterocycles. The van der Waals surface area contributed by atoms with E-state index in [2.05, 4.69) is 16.7 Å². The summed E-state index contributed by atoms with van der Waals surface area (Å²) in [4.78, 5) is 24.3. The van der Waals surface area contributed by atoms with Gasteiger partial charge in [0.25, 0.3) is 0 Å². The molecule has 0 unspecified atom stereocenters. The van der Waals surface area contributed by atoms with E-state index in [1.165, 1.54) is 5.56 Å². The first-order valence-electron chi connectivity index (χ1n) is 11.9. The fraction of sp³-hybridized carbons (Fsp3) is 0.429. The first kappa shape index (κ1) is 25.8. The zero-order valence-electron chi connectivity index (χ0n) is 20.3. The van der Waals surface area contributed by atoms with Crippen molar-refractivity contribution in [1.29, 1.82) is 0 Å². The van der Waals surface area contributed by atoms with E-state index in [0.29, 0.717) is 10.6 Å². The number of unbranched alkanes of at least 4 members (excludes halogenated alkanes) is 3. The highest BCUT2D eigenvalue weighted by Crippen LogP contribution is 2.31. The quantitative estimate of drug-likeness (QED) is 0.213. The molecule has 182 valence electrons. The smallest absolute Gasteiger partial charge is 0.303 e. The van der Waals surface area contributed by atoms with Gasteiger partial charge in [-0.3, -0.25) is 9.59 Å². The number of ether oxygens (including phenoxy) is 1. The fourth-order valence-corrected chi connectivity index (χ4v) is 4.80. The summed E-state index contributed by atoms with van der Waals surface area (Å²) in [6.07, 6.45) is 6.37. The second kappa shape index (κ2) is 12.1. The van der Waals surface area contributed by atoms with Gasteiger partial charge in [-0.25, -0.2) is 0 Å². The molecule has 0 saturated carbocycles. The van der Waals surface area contributed by atoms with E-state index in [9.17, 15) is 9.59 Å². The van der Waals surface area contributed by atoms with E-state index in [1.54, 1.807) is 7.11 Å². The number of carbonyl (C=O) groups is 2. The molecular weight excluding hydrogens is 450 g/mol. The number of nitrogens with zero attached hydrogens (tertiary/aromatic N) is 1. The summed E-state index contributed by atoms with van der Waals surface area (Å²) in [5, 5.41) is 10.5. The zero-order chi connectivity index (χ0) is 24.7. The number of rotatable bonds is 13. The van der Waals surface area contributed by atoms with Crippen LogP contribution in [0.4, 0.5) is 0 Å². The maximum atomic E-state index is 13.3. The second-order valence-corrected chi connectivity index (χ2v) is 9.57. The lowest BCUT2D eigenvalue weighted by Crippen LogP contribution is -2.12. The van der Waals surface area contributed by atoms with E-state index in [1.807, 2.05) is 44.3 Å². The van der Waals surface area contributed by atoms with Gasteiger partial charge in [0.05, 0.1) is 7.11 Å². The molecule has 3 aromatic rings. The Labute approximate surface area is 206 Å². The van der Waals surface area contributed by atoms with E-state index in [4.69, 9.17) is 21.4 Å². The van der Waals surface area contributed by atoms with Gasteiger partial charge in [-0.2, -0.15) is 0 Å². The highest BCUT2D eigenvalue weighted by atomic mass is 35.5. The maximum absolute atomic E-state index is 13.3. The Kier molecular flexibility index (Phi) is 9.17. The monoisotopic (exact) mass is 483 g/mol. The van der Waals surface area contributed by atoms with Crippen LogP contribution in [0.25, 0.3) is 10.9 Å². The average Bonchev–Trinajstić information content (AvgIpc) is 3.06. The third-order valence-corrected chi connectivity index (χ3v) is 6.64. The van der Waals surface area contributed by atoms with Gasteiger partial charge in [0.1, 0.15) is 5.75 Å². The van der Waals surface area contributed by atoms with E-state index in [0.717, 1.165) is 60.9 Å². The SMILES string of the molecule is COc1ccc(CCCCCCc2c(C(=O)C[C@@H](C)CC(=O)O)c3cc(Cl)ccc3n2C)cc1. The normalized spacial score (nSPS) is 12.1. The number of aromatic nitrogens is 1. The summed E-state index contributed by atoms with van der Waals surface area (Å²) < 4.78 is 7.31. The van der Waals surface area contributed by atoms with Crippen LogP contribution in [0, 0.1) is 5.92 Å². The number of carboxylic acid groups (broad SMARTS) is 1. The number of Topliss-reactive ketones (excluding diaryl/α,β-unsaturated/α-hetero) is 1. The number of halogens is 1. The summed E-state index contributed by atoms with van der Waals surface area (Å²) in [5.74, 6) is -0.222. The minimum Gasteiger partial charge on any atom is -0.497 e. The molecule has 3 rings (SSSR count). The Morgan fingerprint density at radius 2 is 1.68 bits per heavy atom. The molecule has 1 atom stereocenters. The minimum atomic E-state index is -0.879. The molecule has 34 heavy (non-hydrogen) atoms. The van der Waals surface area contributed by atoms with Crippen LogP contribution in [0.15, 0.2) is 42.5 Å². The number of carbonyl (C=O) groups excluding carboxylic acids is 1. The van der Waals surface area contributed by atoms with Crippen LogP contribution < -0.4 is 4.74 Å². The molecule has 0 aliphatic rings. The molecule has 0 saturated heterocycles. The van der Waals surface area contributed by atoms with Crippen molar-refractivity contribution in [3.05, 3.63) is 64.3 Å². The molecule has 2 aromatic carbocycles. The number of aryl methyl sites for hydroxylation is 2. The zero-order valence-corrected chi connectivity index (χ0v) is 21.0. The minimum absolute atomic E-state index is 0.00359. The van der Waals surface area contributed by atoms with Crippen molar-refractivity contribution in [3.63, 3.8) is 0 Å². The van der Waals surface area contributed by atoms with E-state index in [-0.39, 0.29) is 24.5 Å². The number of ketones is 1. The molecule has 0 aliphatic heterocycles. The Bertz CT molecular complexity index is 1130. The number of hydrogen-bond donors (Lipinski definition) is 1. The van der Waals surface area contributed by atoms with Crippen molar-refractivity contribution in [3.8, 4) is 5.75 Å². The average molecular weight is 484 g/mol. The number of carboxylic acids is 1. The van der Waals surface area contributed by atoms with Crippen molar-refractivity contribution in [2.45, 2.75) is 58.3 Å². The molecule has 5 nitrogen and oxygen atoms in total. The molecule has 1 heterocycles. The third kappa shape index (κ3) is 6.63. The first-order valence-corrected chi connectivity index (χ1v) is 12.3. The summed E-state index contributed by atoms with van der Waals surface area (Å²) in [5.41, 5.74) is 4.01. The standard InChI is InChI=1S/C28H34ClNO4/c1-19(17-27(32)33)16-26(31)28-23-18-21(29)12-15-24(23)30(2)25(28)9-7-5-4-6-8-20-10-13-22(34-3)14-11-20/h10-15,18-19H,4-9,16-17H2,1-3H3,(H,32,33)/t19-/m1/s1. The topological polar surface area (TPSA) is 68.5 Å². The molecule has 0 aliphatic carbocycles. The lowest BCUT2D eigenvalue weighted by Gasteiger charge is -2.11. The Morgan fingerprint density at radius 3 is 2.32 bits per heavy atom. The van der Waals surface area contributed by atoms with Gasteiger partial charge in [0.15, 0.2) is 5.78 Å². The number of fused-ring (bicyclic) bond motifs is 1. The number of benzene rings is 2. The van der Waals surface area contributed by atoms with Gasteiger partial charge in [-0.1, -0.05) is 43.5 Å². The van der Waals surface area contributed by atoms with Gasteiger partial charge in [0.2, 0.25) is 0 Å². The molecule has 0 amide bonds. The van der Waals surface area contributed by atoms with Gasteiger partial charge in [-0.15, -0.1) is 0 Å². The molecule has 0 fully saturated rings. The lowest BCUT2D eigenvalue weighted by atomic mass is 9.94. The Balaban J connectivity index is 1.64. The molecule has 0 radical (unpaired) electrons.